The first-order valence-corrected chi connectivity index (χ1v) is 11.7. The molecule has 0 aliphatic carbocycles. The predicted molar refractivity (Wildman–Crippen MR) is 127 cm³/mol. The number of benzene rings is 1. The molecule has 0 aromatic heterocycles. The van der Waals surface area contributed by atoms with Crippen molar-refractivity contribution in [3.05, 3.63) is 35.4 Å². The lowest BCUT2D eigenvalue weighted by molar-refractivity contribution is -0.132. The van der Waals surface area contributed by atoms with E-state index in [9.17, 15) is 9.59 Å². The van der Waals surface area contributed by atoms with E-state index in [0.29, 0.717) is 32.1 Å². The maximum atomic E-state index is 12.8. The second-order valence-corrected chi connectivity index (χ2v) is 10.0. The van der Waals surface area contributed by atoms with Crippen LogP contribution in [0.4, 0.5) is 0 Å². The molecule has 2 N–H and O–H groups in total. The van der Waals surface area contributed by atoms with Gasteiger partial charge in [0.15, 0.2) is 0 Å². The van der Waals surface area contributed by atoms with E-state index in [1.165, 1.54) is 11.1 Å². The molecule has 2 amide bonds. The lowest BCUT2D eigenvalue weighted by atomic mass is 9.94. The number of rotatable bonds is 9. The highest BCUT2D eigenvalue weighted by Gasteiger charge is 2.24. The Kier molecular flexibility index (Phi) is 9.51. The summed E-state index contributed by atoms with van der Waals surface area (Å²) in [6.07, 6.45) is 2.25. The minimum absolute atomic E-state index is 0.0404. The molecule has 1 aromatic carbocycles. The summed E-state index contributed by atoms with van der Waals surface area (Å²) in [5.74, 6) is 0.564. The maximum Gasteiger partial charge on any atom is 0.236 e. The van der Waals surface area contributed by atoms with Gasteiger partial charge >= 0.3 is 0 Å². The lowest BCUT2D eigenvalue weighted by Gasteiger charge is -2.35. The van der Waals surface area contributed by atoms with E-state index in [2.05, 4.69) is 60.6 Å². The summed E-state index contributed by atoms with van der Waals surface area (Å²) >= 11 is 0. The Morgan fingerprint density at radius 2 is 1.65 bits per heavy atom. The maximum absolute atomic E-state index is 12.8. The van der Waals surface area contributed by atoms with Crippen LogP contribution in [0.25, 0.3) is 0 Å². The summed E-state index contributed by atoms with van der Waals surface area (Å²) in [6.45, 7) is 16.0. The number of amides is 2. The molecule has 1 aliphatic heterocycles. The summed E-state index contributed by atoms with van der Waals surface area (Å²) in [7, 11) is 0. The summed E-state index contributed by atoms with van der Waals surface area (Å²) < 4.78 is 0. The van der Waals surface area contributed by atoms with Gasteiger partial charge in [-0.2, -0.15) is 0 Å². The number of aryl methyl sites for hydroxylation is 1. The van der Waals surface area contributed by atoms with E-state index >= 15 is 0 Å². The average molecular weight is 431 g/mol. The van der Waals surface area contributed by atoms with Crippen LogP contribution in [0.1, 0.15) is 65.1 Å². The van der Waals surface area contributed by atoms with Gasteiger partial charge in [-0.15, -0.1) is 0 Å². The molecule has 1 saturated heterocycles. The highest BCUT2D eigenvalue weighted by atomic mass is 16.2. The van der Waals surface area contributed by atoms with Gasteiger partial charge in [0.1, 0.15) is 0 Å². The van der Waals surface area contributed by atoms with Gasteiger partial charge < -0.3 is 15.5 Å². The highest BCUT2D eigenvalue weighted by molar-refractivity contribution is 5.79. The highest BCUT2D eigenvalue weighted by Crippen LogP contribution is 2.22. The summed E-state index contributed by atoms with van der Waals surface area (Å²) in [5.41, 5.74) is 2.38. The van der Waals surface area contributed by atoms with Crippen molar-refractivity contribution in [1.82, 2.24) is 20.4 Å². The smallest absolute Gasteiger partial charge is 0.236 e. The third-order valence-electron chi connectivity index (χ3n) is 5.62. The third kappa shape index (κ3) is 8.62. The Balaban J connectivity index is 1.81. The molecule has 0 radical (unpaired) electrons. The minimum Gasteiger partial charge on any atom is -0.350 e. The molecule has 1 aliphatic rings. The van der Waals surface area contributed by atoms with Crippen molar-refractivity contribution in [3.63, 3.8) is 0 Å². The van der Waals surface area contributed by atoms with Crippen LogP contribution in [-0.2, 0) is 16.0 Å². The van der Waals surface area contributed by atoms with Crippen LogP contribution in [0.3, 0.4) is 0 Å². The zero-order valence-corrected chi connectivity index (χ0v) is 20.3. The molecule has 6 heteroatoms. The first kappa shape index (κ1) is 25.3. The van der Waals surface area contributed by atoms with Crippen LogP contribution >= 0.6 is 0 Å². The van der Waals surface area contributed by atoms with Crippen molar-refractivity contribution in [2.75, 3.05) is 39.3 Å². The van der Waals surface area contributed by atoms with E-state index < -0.39 is 0 Å². The van der Waals surface area contributed by atoms with Crippen LogP contribution in [0.2, 0.25) is 0 Å². The largest absolute Gasteiger partial charge is 0.350 e. The first-order valence-electron chi connectivity index (χ1n) is 11.7. The molecule has 0 saturated carbocycles. The summed E-state index contributed by atoms with van der Waals surface area (Å²) in [6, 6.07) is 8.93. The Morgan fingerprint density at radius 3 is 2.16 bits per heavy atom. The molecule has 1 heterocycles. The normalized spacial score (nSPS) is 16.4. The molecule has 6 nitrogen and oxygen atoms in total. The van der Waals surface area contributed by atoms with Gasteiger partial charge in [0.05, 0.1) is 13.1 Å². The first-order chi connectivity index (χ1) is 14.6. The van der Waals surface area contributed by atoms with Crippen molar-refractivity contribution in [3.8, 4) is 0 Å². The number of carbonyl (C=O) groups excluding carboxylic acids is 2. The van der Waals surface area contributed by atoms with Crippen molar-refractivity contribution in [2.24, 2.45) is 5.92 Å². The van der Waals surface area contributed by atoms with Gasteiger partial charge in [-0.05, 0) is 44.2 Å². The summed E-state index contributed by atoms with van der Waals surface area (Å²) in [5, 5.41) is 6.48. The zero-order valence-electron chi connectivity index (χ0n) is 20.3. The van der Waals surface area contributed by atoms with E-state index in [1.54, 1.807) is 0 Å². The fourth-order valence-corrected chi connectivity index (χ4v) is 4.04. The Bertz CT molecular complexity index is 701. The Morgan fingerprint density at radius 1 is 1.03 bits per heavy atom. The molecular formula is C25H42N4O2. The third-order valence-corrected chi connectivity index (χ3v) is 5.62. The topological polar surface area (TPSA) is 64.7 Å². The van der Waals surface area contributed by atoms with E-state index in [1.807, 2.05) is 25.7 Å². The van der Waals surface area contributed by atoms with Gasteiger partial charge in [-0.1, -0.05) is 51.5 Å². The molecule has 1 aromatic rings. The number of hydrogen-bond donors (Lipinski definition) is 2. The second kappa shape index (κ2) is 11.6. The number of carbonyl (C=O) groups is 2. The fourth-order valence-electron chi connectivity index (χ4n) is 4.04. The predicted octanol–water partition coefficient (Wildman–Crippen LogP) is 2.98. The zero-order chi connectivity index (χ0) is 23.0. The second-order valence-electron chi connectivity index (χ2n) is 10.0. The number of nitrogens with zero attached hydrogens (tertiary/aromatic N) is 2. The quantitative estimate of drug-likeness (QED) is 0.632. The van der Waals surface area contributed by atoms with Gasteiger partial charge in [-0.25, -0.2) is 0 Å². The number of nitrogens with one attached hydrogen (secondary N) is 2. The van der Waals surface area contributed by atoms with Crippen LogP contribution in [0, 0.1) is 5.92 Å². The Labute approximate surface area is 188 Å². The van der Waals surface area contributed by atoms with Crippen LogP contribution in [-0.4, -0.2) is 66.4 Å². The molecule has 31 heavy (non-hydrogen) atoms. The van der Waals surface area contributed by atoms with Gasteiger partial charge in [-0.3, -0.25) is 14.5 Å². The SMILES string of the molecule is CCCc1ccc([C@@H](NCC(=O)N2CCN(CC(=O)NC(C)(C)C)CC2)C(C)C)cc1. The lowest BCUT2D eigenvalue weighted by Crippen LogP contribution is -2.54. The minimum atomic E-state index is -0.218. The van der Waals surface area contributed by atoms with Gasteiger partial charge in [0, 0.05) is 37.8 Å². The van der Waals surface area contributed by atoms with Crippen LogP contribution in [0.5, 0.6) is 0 Å². The summed E-state index contributed by atoms with van der Waals surface area (Å²) in [4.78, 5) is 28.9. The molecule has 1 atom stereocenters. The van der Waals surface area contributed by atoms with Gasteiger partial charge in [0.25, 0.3) is 0 Å². The average Bonchev–Trinajstić information content (AvgIpc) is 2.68. The molecule has 1 fully saturated rings. The molecular weight excluding hydrogens is 388 g/mol. The van der Waals surface area contributed by atoms with Crippen LogP contribution in [0.15, 0.2) is 24.3 Å². The van der Waals surface area contributed by atoms with Crippen molar-refractivity contribution < 1.29 is 9.59 Å². The molecule has 0 unspecified atom stereocenters. The van der Waals surface area contributed by atoms with Gasteiger partial charge in [0.2, 0.25) is 11.8 Å². The van der Waals surface area contributed by atoms with E-state index in [4.69, 9.17) is 0 Å². The monoisotopic (exact) mass is 430 g/mol. The van der Waals surface area contributed by atoms with E-state index in [-0.39, 0.29) is 23.4 Å². The number of piperazine rings is 1. The number of hydrogen-bond acceptors (Lipinski definition) is 4. The molecule has 0 bridgehead atoms. The standard InChI is InChI=1S/C25H42N4O2/c1-7-8-20-9-11-21(12-10-20)24(19(2)3)26-17-23(31)29-15-13-28(14-16-29)18-22(30)27-25(4,5)6/h9-12,19,24,26H,7-8,13-18H2,1-6H3,(H,27,30)/t24-/m0/s1. The van der Waals surface area contributed by atoms with Crippen molar-refractivity contribution in [1.29, 1.82) is 0 Å². The molecule has 174 valence electrons. The van der Waals surface area contributed by atoms with Crippen molar-refractivity contribution in [2.45, 2.75) is 66.0 Å². The molecule has 2 rings (SSSR count). The van der Waals surface area contributed by atoms with E-state index in [0.717, 1.165) is 25.9 Å². The Hall–Kier alpha value is -1.92. The fraction of sp³-hybridized carbons (Fsp3) is 0.680. The van der Waals surface area contributed by atoms with Crippen molar-refractivity contribution >= 4 is 11.8 Å². The molecule has 0 spiro atoms. The van der Waals surface area contributed by atoms with Crippen LogP contribution < -0.4 is 10.6 Å².